The number of hydrogen-bond donors (Lipinski definition) is 1. The predicted octanol–water partition coefficient (Wildman–Crippen LogP) is 1.68. The van der Waals surface area contributed by atoms with Crippen LogP contribution in [-0.4, -0.2) is 56.5 Å². The summed E-state index contributed by atoms with van der Waals surface area (Å²) in [7, 11) is -3.63. The minimum Gasteiger partial charge on any atom is -0.355 e. The van der Waals surface area contributed by atoms with Gasteiger partial charge in [0.05, 0.1) is 16.3 Å². The summed E-state index contributed by atoms with van der Waals surface area (Å²) in [6, 6.07) is 4.77. The first-order chi connectivity index (χ1) is 12.3. The van der Waals surface area contributed by atoms with Crippen LogP contribution in [0.25, 0.3) is 0 Å². The summed E-state index contributed by atoms with van der Waals surface area (Å²) in [5, 5.41) is 2.75. The van der Waals surface area contributed by atoms with Crippen molar-refractivity contribution in [2.24, 2.45) is 0 Å². The zero-order valence-corrected chi connectivity index (χ0v) is 17.0. The molecule has 1 heterocycles. The smallest absolute Gasteiger partial charge is 0.243 e. The lowest BCUT2D eigenvalue weighted by Gasteiger charge is -2.29. The van der Waals surface area contributed by atoms with Crippen molar-refractivity contribution < 1.29 is 18.0 Å². The molecule has 2 amide bonds. The molecule has 1 aliphatic heterocycles. The molecule has 0 radical (unpaired) electrons. The van der Waals surface area contributed by atoms with E-state index < -0.39 is 10.0 Å². The molecule has 0 spiro atoms. The third-order valence-corrected chi connectivity index (χ3v) is 7.18. The SMILES string of the molecule is CCCNC(=O)CN1C(=O)CSc2ccc(S(=O)(=O)N(CC)CC)cc21. The fourth-order valence-corrected chi connectivity index (χ4v) is 5.09. The fraction of sp³-hybridized carbons (Fsp3) is 0.529. The zero-order chi connectivity index (χ0) is 19.3. The average molecular weight is 400 g/mol. The third kappa shape index (κ3) is 4.39. The minimum absolute atomic E-state index is 0.110. The summed E-state index contributed by atoms with van der Waals surface area (Å²) in [5.41, 5.74) is 0.478. The molecule has 0 unspecified atom stereocenters. The number of nitrogens with zero attached hydrogens (tertiary/aromatic N) is 2. The molecule has 0 fully saturated rings. The lowest BCUT2D eigenvalue weighted by molar-refractivity contribution is -0.122. The Morgan fingerprint density at radius 3 is 2.58 bits per heavy atom. The summed E-state index contributed by atoms with van der Waals surface area (Å²) in [4.78, 5) is 26.7. The fourth-order valence-electron chi connectivity index (χ4n) is 2.69. The van der Waals surface area contributed by atoms with Gasteiger partial charge in [-0.05, 0) is 24.6 Å². The van der Waals surface area contributed by atoms with Crippen molar-refractivity contribution in [3.05, 3.63) is 18.2 Å². The number of nitrogens with one attached hydrogen (secondary N) is 1. The first-order valence-electron chi connectivity index (χ1n) is 8.69. The van der Waals surface area contributed by atoms with E-state index in [-0.39, 0.29) is 29.0 Å². The Morgan fingerprint density at radius 1 is 1.27 bits per heavy atom. The Kier molecular flexibility index (Phi) is 7.08. The van der Waals surface area contributed by atoms with Crippen LogP contribution in [0.1, 0.15) is 27.2 Å². The van der Waals surface area contributed by atoms with Gasteiger partial charge in [-0.3, -0.25) is 9.59 Å². The standard InChI is InChI=1S/C17H25N3O4S2/c1-4-9-18-16(21)11-20-14-10-13(26(23,24)19(5-2)6-3)7-8-15(14)25-12-17(20)22/h7-8,10H,4-6,9,11-12H2,1-3H3,(H,18,21). The predicted molar refractivity (Wildman–Crippen MR) is 103 cm³/mol. The van der Waals surface area contributed by atoms with Gasteiger partial charge in [-0.15, -0.1) is 11.8 Å². The van der Waals surface area contributed by atoms with E-state index in [9.17, 15) is 18.0 Å². The number of sulfonamides is 1. The van der Waals surface area contributed by atoms with Gasteiger partial charge in [0.2, 0.25) is 21.8 Å². The Labute approximate surface area is 159 Å². The molecule has 0 bridgehead atoms. The summed E-state index contributed by atoms with van der Waals surface area (Å²) >= 11 is 1.35. The van der Waals surface area contributed by atoms with Gasteiger partial charge in [-0.2, -0.15) is 4.31 Å². The number of carbonyl (C=O) groups is 2. The summed E-state index contributed by atoms with van der Waals surface area (Å²) < 4.78 is 26.9. The van der Waals surface area contributed by atoms with Crippen molar-refractivity contribution in [3.63, 3.8) is 0 Å². The molecule has 26 heavy (non-hydrogen) atoms. The van der Waals surface area contributed by atoms with Crippen molar-refractivity contribution in [1.82, 2.24) is 9.62 Å². The first-order valence-corrected chi connectivity index (χ1v) is 11.1. The number of rotatable bonds is 8. The molecule has 0 aromatic heterocycles. The number of hydrogen-bond acceptors (Lipinski definition) is 5. The van der Waals surface area contributed by atoms with E-state index in [0.29, 0.717) is 25.3 Å². The highest BCUT2D eigenvalue weighted by atomic mass is 32.2. The largest absolute Gasteiger partial charge is 0.355 e. The first kappa shape index (κ1) is 20.7. The van der Waals surface area contributed by atoms with Crippen LogP contribution in [0.4, 0.5) is 5.69 Å². The van der Waals surface area contributed by atoms with Crippen LogP contribution in [0.5, 0.6) is 0 Å². The van der Waals surface area contributed by atoms with E-state index in [1.165, 1.54) is 27.0 Å². The number of benzene rings is 1. The number of thioether (sulfide) groups is 1. The highest BCUT2D eigenvalue weighted by Crippen LogP contribution is 2.37. The number of fused-ring (bicyclic) bond motifs is 1. The molecule has 1 aromatic carbocycles. The molecule has 2 rings (SSSR count). The van der Waals surface area contributed by atoms with Crippen molar-refractivity contribution in [3.8, 4) is 0 Å². The lowest BCUT2D eigenvalue weighted by atomic mass is 10.2. The Balaban J connectivity index is 2.38. The van der Waals surface area contributed by atoms with Crippen LogP contribution in [0.2, 0.25) is 0 Å². The van der Waals surface area contributed by atoms with E-state index in [1.807, 2.05) is 6.92 Å². The van der Waals surface area contributed by atoms with Gasteiger partial charge in [-0.1, -0.05) is 20.8 Å². The highest BCUT2D eigenvalue weighted by Gasteiger charge is 2.29. The summed E-state index contributed by atoms with van der Waals surface area (Å²) in [6.07, 6.45) is 0.804. The highest BCUT2D eigenvalue weighted by molar-refractivity contribution is 8.00. The second-order valence-electron chi connectivity index (χ2n) is 5.84. The van der Waals surface area contributed by atoms with Crippen molar-refractivity contribution in [1.29, 1.82) is 0 Å². The maximum Gasteiger partial charge on any atom is 0.243 e. The molecule has 1 aromatic rings. The molecule has 0 atom stereocenters. The van der Waals surface area contributed by atoms with Crippen LogP contribution in [-0.2, 0) is 19.6 Å². The molecule has 1 aliphatic rings. The minimum atomic E-state index is -3.63. The van der Waals surface area contributed by atoms with Crippen molar-refractivity contribution in [2.75, 3.05) is 36.8 Å². The molecular weight excluding hydrogens is 374 g/mol. The maximum absolute atomic E-state index is 12.8. The van der Waals surface area contributed by atoms with Gasteiger partial charge in [0.25, 0.3) is 0 Å². The van der Waals surface area contributed by atoms with Crippen molar-refractivity contribution in [2.45, 2.75) is 37.0 Å². The van der Waals surface area contributed by atoms with Gasteiger partial charge in [0.1, 0.15) is 6.54 Å². The number of carbonyl (C=O) groups excluding carboxylic acids is 2. The molecule has 0 saturated carbocycles. The zero-order valence-electron chi connectivity index (χ0n) is 15.3. The van der Waals surface area contributed by atoms with E-state index in [1.54, 1.807) is 26.0 Å². The van der Waals surface area contributed by atoms with Gasteiger partial charge < -0.3 is 10.2 Å². The summed E-state index contributed by atoms with van der Waals surface area (Å²) in [5.74, 6) is -0.225. The molecule has 9 heteroatoms. The molecule has 1 N–H and O–H groups in total. The molecular formula is C17H25N3O4S2. The topological polar surface area (TPSA) is 86.8 Å². The Bertz CT molecular complexity index is 776. The second-order valence-corrected chi connectivity index (χ2v) is 8.79. The van der Waals surface area contributed by atoms with E-state index in [2.05, 4.69) is 5.32 Å². The third-order valence-electron chi connectivity index (χ3n) is 4.09. The van der Waals surface area contributed by atoms with E-state index >= 15 is 0 Å². The van der Waals surface area contributed by atoms with Crippen LogP contribution in [0, 0.1) is 0 Å². The Morgan fingerprint density at radius 2 is 1.96 bits per heavy atom. The number of anilines is 1. The van der Waals surface area contributed by atoms with Gasteiger partial charge in [-0.25, -0.2) is 8.42 Å². The summed E-state index contributed by atoms with van der Waals surface area (Å²) in [6.45, 7) is 6.68. The second kappa shape index (κ2) is 8.88. The van der Waals surface area contributed by atoms with Gasteiger partial charge >= 0.3 is 0 Å². The maximum atomic E-state index is 12.8. The average Bonchev–Trinajstić information content (AvgIpc) is 2.62. The Hall–Kier alpha value is -1.58. The van der Waals surface area contributed by atoms with Crippen LogP contribution >= 0.6 is 11.8 Å². The molecule has 0 saturated heterocycles. The quantitative estimate of drug-likeness (QED) is 0.719. The molecule has 7 nitrogen and oxygen atoms in total. The van der Waals surface area contributed by atoms with E-state index in [0.717, 1.165) is 11.3 Å². The molecule has 144 valence electrons. The van der Waals surface area contributed by atoms with Crippen LogP contribution < -0.4 is 10.2 Å². The molecule has 0 aliphatic carbocycles. The van der Waals surface area contributed by atoms with Crippen LogP contribution in [0.15, 0.2) is 28.0 Å². The van der Waals surface area contributed by atoms with Gasteiger partial charge in [0, 0.05) is 24.5 Å². The van der Waals surface area contributed by atoms with Crippen LogP contribution in [0.3, 0.4) is 0 Å². The lowest BCUT2D eigenvalue weighted by Crippen LogP contribution is -2.43. The van der Waals surface area contributed by atoms with Crippen molar-refractivity contribution >= 4 is 39.3 Å². The van der Waals surface area contributed by atoms with Gasteiger partial charge in [0.15, 0.2) is 0 Å². The van der Waals surface area contributed by atoms with E-state index in [4.69, 9.17) is 0 Å². The monoisotopic (exact) mass is 399 g/mol. The number of amides is 2. The normalized spacial score (nSPS) is 14.5.